The van der Waals surface area contributed by atoms with E-state index < -0.39 is 40.8 Å². The molecule has 0 unspecified atom stereocenters. The number of nitrogens with zero attached hydrogens (tertiary/aromatic N) is 1. The number of ether oxygens (including phenoxy) is 2. The maximum Gasteiger partial charge on any atom is 0.416 e. The van der Waals surface area contributed by atoms with Gasteiger partial charge in [-0.1, -0.05) is 6.07 Å². The van der Waals surface area contributed by atoms with Crippen LogP contribution in [0.4, 0.5) is 24.5 Å². The van der Waals surface area contributed by atoms with Gasteiger partial charge in [-0.2, -0.15) is 13.2 Å². The van der Waals surface area contributed by atoms with Gasteiger partial charge in [0.25, 0.3) is 5.91 Å². The Labute approximate surface area is 156 Å². The molecule has 2 rings (SSSR count). The molecule has 0 aliphatic heterocycles. The number of benzene rings is 2. The predicted molar refractivity (Wildman–Crippen MR) is 90.0 cm³/mol. The van der Waals surface area contributed by atoms with Gasteiger partial charge in [-0.05, 0) is 30.3 Å². The average Bonchev–Trinajstić information content (AvgIpc) is 2.65. The topological polar surface area (TPSA) is 108 Å². The van der Waals surface area contributed by atoms with E-state index in [1.165, 1.54) is 12.1 Å². The molecule has 0 atom stereocenters. The second-order valence-electron chi connectivity index (χ2n) is 5.35. The van der Waals surface area contributed by atoms with Gasteiger partial charge >= 0.3 is 17.8 Å². The highest BCUT2D eigenvalue weighted by molar-refractivity contribution is 5.92. The lowest BCUT2D eigenvalue weighted by atomic mass is 10.2. The fourth-order valence-corrected chi connectivity index (χ4v) is 2.14. The van der Waals surface area contributed by atoms with E-state index in [1.54, 1.807) is 0 Å². The number of hydrogen-bond acceptors (Lipinski definition) is 6. The van der Waals surface area contributed by atoms with Gasteiger partial charge in [-0.3, -0.25) is 14.9 Å². The molecule has 0 radical (unpaired) electrons. The molecule has 1 amide bonds. The average molecular weight is 398 g/mol. The molecule has 0 saturated heterocycles. The third kappa shape index (κ3) is 5.19. The molecule has 0 saturated carbocycles. The highest BCUT2D eigenvalue weighted by Gasteiger charge is 2.30. The predicted octanol–water partition coefficient (Wildman–Crippen LogP) is 3.42. The lowest BCUT2D eigenvalue weighted by molar-refractivity contribution is -0.385. The maximum absolute atomic E-state index is 12.7. The summed E-state index contributed by atoms with van der Waals surface area (Å²) >= 11 is 0. The van der Waals surface area contributed by atoms with Gasteiger partial charge in [0.15, 0.2) is 12.4 Å². The maximum atomic E-state index is 12.7. The van der Waals surface area contributed by atoms with Crippen LogP contribution in [0.1, 0.15) is 15.9 Å². The van der Waals surface area contributed by atoms with Crippen LogP contribution < -0.4 is 10.1 Å². The zero-order valence-corrected chi connectivity index (χ0v) is 14.3. The Kier molecular flexibility index (Phi) is 6.18. The summed E-state index contributed by atoms with van der Waals surface area (Å²) < 4.78 is 47.6. The van der Waals surface area contributed by atoms with Crippen LogP contribution in [0, 0.1) is 10.1 Å². The number of amides is 1. The van der Waals surface area contributed by atoms with Crippen molar-refractivity contribution in [1.82, 2.24) is 0 Å². The highest BCUT2D eigenvalue weighted by Crippen LogP contribution is 2.31. The van der Waals surface area contributed by atoms with E-state index in [-0.39, 0.29) is 17.0 Å². The van der Waals surface area contributed by atoms with Crippen LogP contribution in [0.15, 0.2) is 42.5 Å². The van der Waals surface area contributed by atoms with Crippen LogP contribution in [0.25, 0.3) is 0 Å². The van der Waals surface area contributed by atoms with Crippen molar-refractivity contribution >= 4 is 23.3 Å². The number of carbonyl (C=O) groups excluding carboxylic acids is 2. The number of alkyl halides is 3. The van der Waals surface area contributed by atoms with Crippen LogP contribution >= 0.6 is 0 Å². The summed E-state index contributed by atoms with van der Waals surface area (Å²) in [6, 6.07) is 7.20. The zero-order valence-electron chi connectivity index (χ0n) is 14.3. The van der Waals surface area contributed by atoms with E-state index >= 15 is 0 Å². The first kappa shape index (κ1) is 20.7. The third-order valence-corrected chi connectivity index (χ3v) is 3.41. The summed E-state index contributed by atoms with van der Waals surface area (Å²) in [6.45, 7) is -0.700. The molecule has 0 aliphatic carbocycles. The molecule has 2 aromatic carbocycles. The molecule has 0 heterocycles. The Morgan fingerprint density at radius 2 is 1.89 bits per heavy atom. The largest absolute Gasteiger partial charge is 0.477 e. The summed E-state index contributed by atoms with van der Waals surface area (Å²) in [7, 11) is 1.11. The second kappa shape index (κ2) is 8.37. The fraction of sp³-hybridized carbons (Fsp3) is 0.176. The van der Waals surface area contributed by atoms with Crippen molar-refractivity contribution in [2.45, 2.75) is 6.18 Å². The molecule has 8 nitrogen and oxygen atoms in total. The smallest absolute Gasteiger partial charge is 0.416 e. The van der Waals surface area contributed by atoms with Crippen molar-refractivity contribution in [2.24, 2.45) is 0 Å². The van der Waals surface area contributed by atoms with Crippen molar-refractivity contribution in [3.8, 4) is 5.75 Å². The molecule has 11 heteroatoms. The fourth-order valence-electron chi connectivity index (χ4n) is 2.14. The minimum absolute atomic E-state index is 0.0880. The summed E-state index contributed by atoms with van der Waals surface area (Å²) in [6.07, 6.45) is -4.57. The number of nitrogens with one attached hydrogen (secondary N) is 1. The number of anilines is 1. The highest BCUT2D eigenvalue weighted by atomic mass is 19.4. The molecule has 0 aliphatic rings. The summed E-state index contributed by atoms with van der Waals surface area (Å²) in [5.74, 6) is -1.92. The van der Waals surface area contributed by atoms with E-state index in [9.17, 15) is 32.9 Å². The van der Waals surface area contributed by atoms with E-state index in [4.69, 9.17) is 4.74 Å². The van der Waals surface area contributed by atoms with Crippen LogP contribution in [-0.4, -0.2) is 30.5 Å². The normalized spacial score (nSPS) is 10.9. The molecule has 0 fully saturated rings. The molecule has 28 heavy (non-hydrogen) atoms. The zero-order chi connectivity index (χ0) is 20.9. The number of carbonyl (C=O) groups is 2. The van der Waals surface area contributed by atoms with Gasteiger partial charge < -0.3 is 14.8 Å². The lowest BCUT2D eigenvalue weighted by Gasteiger charge is -2.11. The second-order valence-corrected chi connectivity index (χ2v) is 5.35. The summed E-state index contributed by atoms with van der Waals surface area (Å²) in [5, 5.41) is 13.3. The Balaban J connectivity index is 2.08. The number of rotatable bonds is 6. The Hall–Kier alpha value is -3.63. The van der Waals surface area contributed by atoms with E-state index in [2.05, 4.69) is 10.1 Å². The van der Waals surface area contributed by atoms with Crippen LogP contribution in [0.2, 0.25) is 0 Å². The first-order chi connectivity index (χ1) is 13.1. The number of nitro benzene ring substituents is 1. The number of hydrogen-bond donors (Lipinski definition) is 1. The van der Waals surface area contributed by atoms with Crippen molar-refractivity contribution < 1.29 is 37.2 Å². The van der Waals surface area contributed by atoms with Crippen molar-refractivity contribution in [1.29, 1.82) is 0 Å². The van der Waals surface area contributed by atoms with Crippen molar-refractivity contribution in [3.05, 3.63) is 63.7 Å². The third-order valence-electron chi connectivity index (χ3n) is 3.41. The van der Waals surface area contributed by atoms with Crippen LogP contribution in [-0.2, 0) is 15.7 Å². The standard InChI is InChI=1S/C17H13F3N2O6/c1-27-16(24)10-5-6-14(13(7-10)22(25)26)28-9-15(23)21-12-4-2-3-11(8-12)17(18,19)20/h2-8H,9H2,1H3,(H,21,23). The molecule has 0 aromatic heterocycles. The molecular weight excluding hydrogens is 385 g/mol. The number of nitro groups is 1. The van der Waals surface area contributed by atoms with E-state index in [0.717, 1.165) is 37.4 Å². The van der Waals surface area contributed by atoms with E-state index in [1.807, 2.05) is 0 Å². The lowest BCUT2D eigenvalue weighted by Crippen LogP contribution is -2.21. The van der Waals surface area contributed by atoms with E-state index in [0.29, 0.717) is 0 Å². The quantitative estimate of drug-likeness (QED) is 0.454. The van der Waals surface area contributed by atoms with Gasteiger partial charge in [0.05, 0.1) is 23.2 Å². The molecule has 0 spiro atoms. The Morgan fingerprint density at radius 3 is 2.50 bits per heavy atom. The Morgan fingerprint density at radius 1 is 1.18 bits per heavy atom. The number of esters is 1. The summed E-state index contributed by atoms with van der Waals surface area (Å²) in [4.78, 5) is 33.6. The van der Waals surface area contributed by atoms with Gasteiger partial charge in [0, 0.05) is 11.8 Å². The number of halogens is 3. The Bertz CT molecular complexity index is 914. The monoisotopic (exact) mass is 398 g/mol. The summed E-state index contributed by atoms with van der Waals surface area (Å²) in [5.41, 5.74) is -1.72. The number of methoxy groups -OCH3 is 1. The molecular formula is C17H13F3N2O6. The van der Waals surface area contributed by atoms with Gasteiger partial charge in [-0.15, -0.1) is 0 Å². The molecule has 148 valence electrons. The van der Waals surface area contributed by atoms with Gasteiger partial charge in [0.2, 0.25) is 0 Å². The minimum Gasteiger partial charge on any atom is -0.477 e. The molecule has 2 aromatic rings. The SMILES string of the molecule is COC(=O)c1ccc(OCC(=O)Nc2cccc(C(F)(F)F)c2)c([N+](=O)[O-])c1. The molecule has 0 bridgehead atoms. The van der Waals surface area contributed by atoms with Crippen LogP contribution in [0.5, 0.6) is 5.75 Å². The minimum atomic E-state index is -4.57. The van der Waals surface area contributed by atoms with Gasteiger partial charge in [0.1, 0.15) is 0 Å². The molecule has 1 N–H and O–H groups in total. The first-order valence-electron chi connectivity index (χ1n) is 7.58. The van der Waals surface area contributed by atoms with Crippen molar-refractivity contribution in [3.63, 3.8) is 0 Å². The van der Waals surface area contributed by atoms with Gasteiger partial charge in [-0.25, -0.2) is 4.79 Å². The van der Waals surface area contributed by atoms with Crippen molar-refractivity contribution in [2.75, 3.05) is 19.0 Å². The first-order valence-corrected chi connectivity index (χ1v) is 7.58. The van der Waals surface area contributed by atoms with Crippen LogP contribution in [0.3, 0.4) is 0 Å².